The molecule has 2 aliphatic heterocycles. The van der Waals surface area contributed by atoms with Gasteiger partial charge in [0.15, 0.2) is 6.29 Å². The highest BCUT2D eigenvalue weighted by Crippen LogP contribution is 2.26. The van der Waals surface area contributed by atoms with Crippen LogP contribution in [-0.2, 0) is 20.7 Å². The van der Waals surface area contributed by atoms with Gasteiger partial charge in [-0.15, -0.1) is 0 Å². The van der Waals surface area contributed by atoms with E-state index in [1.54, 1.807) is 0 Å². The predicted molar refractivity (Wildman–Crippen MR) is 87.5 cm³/mol. The Hall–Kier alpha value is -0.910. The number of amides is 1. The van der Waals surface area contributed by atoms with Crippen LogP contribution in [0, 0.1) is 5.92 Å². The molecule has 0 aromatic heterocycles. The van der Waals surface area contributed by atoms with E-state index in [1.165, 1.54) is 5.56 Å². The van der Waals surface area contributed by atoms with Gasteiger partial charge in [0.2, 0.25) is 5.91 Å². The minimum atomic E-state index is -0.0440. The van der Waals surface area contributed by atoms with Gasteiger partial charge in [-0.25, -0.2) is 0 Å². The maximum atomic E-state index is 12.4. The molecule has 0 saturated carbocycles. The smallest absolute Gasteiger partial charge is 0.222 e. The zero-order valence-corrected chi connectivity index (χ0v) is 14.3. The quantitative estimate of drug-likeness (QED) is 0.820. The van der Waals surface area contributed by atoms with Crippen molar-refractivity contribution in [2.75, 3.05) is 26.3 Å². The van der Waals surface area contributed by atoms with Crippen LogP contribution >= 0.6 is 15.9 Å². The number of carbonyl (C=O) groups excluding carboxylic acids is 1. The van der Waals surface area contributed by atoms with Crippen molar-refractivity contribution in [1.82, 2.24) is 4.90 Å². The van der Waals surface area contributed by atoms with Crippen molar-refractivity contribution >= 4 is 21.8 Å². The molecule has 2 saturated heterocycles. The van der Waals surface area contributed by atoms with Crippen LogP contribution in [0.25, 0.3) is 0 Å². The number of benzene rings is 1. The molecule has 1 aromatic carbocycles. The number of likely N-dealkylation sites (tertiary alicyclic amines) is 1. The molecule has 0 atom stereocenters. The van der Waals surface area contributed by atoms with Crippen LogP contribution in [-0.4, -0.2) is 43.4 Å². The summed E-state index contributed by atoms with van der Waals surface area (Å²) in [5.74, 6) is 0.692. The van der Waals surface area contributed by atoms with E-state index in [1.807, 2.05) is 23.1 Å². The Morgan fingerprint density at radius 1 is 1.18 bits per heavy atom. The molecule has 2 heterocycles. The molecule has 4 nitrogen and oxygen atoms in total. The number of rotatable bonds is 4. The highest BCUT2D eigenvalue weighted by Gasteiger charge is 2.31. The molecule has 0 aliphatic carbocycles. The first-order valence-electron chi connectivity index (χ1n) is 7.98. The lowest BCUT2D eigenvalue weighted by molar-refractivity contribution is -0.136. The van der Waals surface area contributed by atoms with Crippen molar-refractivity contribution < 1.29 is 14.3 Å². The number of hydrogen-bond donors (Lipinski definition) is 0. The SMILES string of the molecule is O=C(CCc1ccccc1Br)N1CCC(C2OCCO2)CC1. The Labute approximate surface area is 139 Å². The fourth-order valence-electron chi connectivity index (χ4n) is 3.17. The Bertz CT molecular complexity index is 508. The Morgan fingerprint density at radius 2 is 1.86 bits per heavy atom. The first-order chi connectivity index (χ1) is 10.7. The number of nitrogens with zero attached hydrogens (tertiary/aromatic N) is 1. The van der Waals surface area contributed by atoms with Crippen molar-refractivity contribution in [2.45, 2.75) is 32.0 Å². The average Bonchev–Trinajstić information content (AvgIpc) is 3.08. The van der Waals surface area contributed by atoms with E-state index >= 15 is 0 Å². The maximum absolute atomic E-state index is 12.4. The third-order valence-corrected chi connectivity index (χ3v) is 5.26. The number of halogens is 1. The minimum absolute atomic E-state index is 0.0440. The third kappa shape index (κ3) is 3.89. The van der Waals surface area contributed by atoms with E-state index < -0.39 is 0 Å². The van der Waals surface area contributed by atoms with Crippen LogP contribution in [0.2, 0.25) is 0 Å². The molecule has 3 rings (SSSR count). The molecular formula is C17H22BrNO3. The predicted octanol–water partition coefficient (Wildman–Crippen LogP) is 2.99. The summed E-state index contributed by atoms with van der Waals surface area (Å²) in [6.07, 6.45) is 3.27. The van der Waals surface area contributed by atoms with Gasteiger partial charge in [-0.05, 0) is 30.9 Å². The summed E-state index contributed by atoms with van der Waals surface area (Å²) in [7, 11) is 0. The van der Waals surface area contributed by atoms with E-state index in [0.29, 0.717) is 25.6 Å². The standard InChI is InChI=1S/C17H22BrNO3/c18-15-4-2-1-3-13(15)5-6-16(20)19-9-7-14(8-10-19)17-21-11-12-22-17/h1-4,14,17H,5-12H2. The van der Waals surface area contributed by atoms with E-state index in [-0.39, 0.29) is 12.2 Å². The molecule has 0 spiro atoms. The molecule has 0 radical (unpaired) electrons. The summed E-state index contributed by atoms with van der Waals surface area (Å²) < 4.78 is 12.2. The Morgan fingerprint density at radius 3 is 2.55 bits per heavy atom. The third-order valence-electron chi connectivity index (χ3n) is 4.49. The summed E-state index contributed by atoms with van der Waals surface area (Å²) in [5.41, 5.74) is 1.19. The lowest BCUT2D eigenvalue weighted by Gasteiger charge is -2.34. The van der Waals surface area contributed by atoms with Gasteiger partial charge in [-0.1, -0.05) is 34.1 Å². The van der Waals surface area contributed by atoms with Gasteiger partial charge >= 0.3 is 0 Å². The normalized spacial score (nSPS) is 20.5. The lowest BCUT2D eigenvalue weighted by Crippen LogP contribution is -2.41. The van der Waals surface area contributed by atoms with E-state index in [9.17, 15) is 4.79 Å². The van der Waals surface area contributed by atoms with Crippen LogP contribution < -0.4 is 0 Å². The summed E-state index contributed by atoms with van der Waals surface area (Å²) in [4.78, 5) is 14.3. The number of piperidine rings is 1. The first-order valence-corrected chi connectivity index (χ1v) is 8.78. The number of ether oxygens (including phenoxy) is 2. The van der Waals surface area contributed by atoms with Gasteiger partial charge < -0.3 is 14.4 Å². The topological polar surface area (TPSA) is 38.8 Å². The van der Waals surface area contributed by atoms with Crippen molar-refractivity contribution in [3.8, 4) is 0 Å². The highest BCUT2D eigenvalue weighted by atomic mass is 79.9. The summed E-state index contributed by atoms with van der Waals surface area (Å²) in [5, 5.41) is 0. The highest BCUT2D eigenvalue weighted by molar-refractivity contribution is 9.10. The molecule has 0 unspecified atom stereocenters. The van der Waals surface area contributed by atoms with Crippen molar-refractivity contribution in [3.05, 3.63) is 34.3 Å². The molecule has 120 valence electrons. The molecule has 1 amide bonds. The molecule has 0 N–H and O–H groups in total. The van der Waals surface area contributed by atoms with Gasteiger partial charge in [0, 0.05) is 29.9 Å². The van der Waals surface area contributed by atoms with Crippen LogP contribution in [0.15, 0.2) is 28.7 Å². The molecule has 0 bridgehead atoms. The monoisotopic (exact) mass is 367 g/mol. The fraction of sp³-hybridized carbons (Fsp3) is 0.588. The van der Waals surface area contributed by atoms with Crippen LogP contribution in [0.3, 0.4) is 0 Å². The van der Waals surface area contributed by atoms with Crippen LogP contribution in [0.1, 0.15) is 24.8 Å². The van der Waals surface area contributed by atoms with E-state index in [0.717, 1.165) is 36.8 Å². The van der Waals surface area contributed by atoms with Gasteiger partial charge in [-0.3, -0.25) is 4.79 Å². The van der Waals surface area contributed by atoms with E-state index in [2.05, 4.69) is 22.0 Å². The number of aryl methyl sites for hydroxylation is 1. The summed E-state index contributed by atoms with van der Waals surface area (Å²) >= 11 is 3.54. The molecule has 2 fully saturated rings. The molecule has 22 heavy (non-hydrogen) atoms. The maximum Gasteiger partial charge on any atom is 0.222 e. The fourth-order valence-corrected chi connectivity index (χ4v) is 3.65. The lowest BCUT2D eigenvalue weighted by atomic mass is 9.95. The average molecular weight is 368 g/mol. The van der Waals surface area contributed by atoms with Gasteiger partial charge in [0.05, 0.1) is 13.2 Å². The minimum Gasteiger partial charge on any atom is -0.350 e. The van der Waals surface area contributed by atoms with Crippen LogP contribution in [0.5, 0.6) is 0 Å². The Balaban J connectivity index is 1.45. The Kier molecular flexibility index (Phi) is 5.50. The molecule has 5 heteroatoms. The van der Waals surface area contributed by atoms with E-state index in [4.69, 9.17) is 9.47 Å². The largest absolute Gasteiger partial charge is 0.350 e. The summed E-state index contributed by atoms with van der Waals surface area (Å²) in [6, 6.07) is 8.09. The van der Waals surface area contributed by atoms with Gasteiger partial charge in [0.25, 0.3) is 0 Å². The van der Waals surface area contributed by atoms with Crippen LogP contribution in [0.4, 0.5) is 0 Å². The molecular weight excluding hydrogens is 346 g/mol. The number of hydrogen-bond acceptors (Lipinski definition) is 3. The van der Waals surface area contributed by atoms with Gasteiger partial charge in [-0.2, -0.15) is 0 Å². The zero-order valence-electron chi connectivity index (χ0n) is 12.7. The molecule has 2 aliphatic rings. The van der Waals surface area contributed by atoms with Gasteiger partial charge in [0.1, 0.15) is 0 Å². The van der Waals surface area contributed by atoms with Crippen molar-refractivity contribution in [1.29, 1.82) is 0 Å². The number of carbonyl (C=O) groups is 1. The van der Waals surface area contributed by atoms with Crippen molar-refractivity contribution in [3.63, 3.8) is 0 Å². The van der Waals surface area contributed by atoms with Crippen molar-refractivity contribution in [2.24, 2.45) is 5.92 Å². The summed E-state index contributed by atoms with van der Waals surface area (Å²) in [6.45, 7) is 3.05. The second kappa shape index (κ2) is 7.57. The first kappa shape index (κ1) is 16.0. The second-order valence-electron chi connectivity index (χ2n) is 5.92. The second-order valence-corrected chi connectivity index (χ2v) is 6.77. The zero-order chi connectivity index (χ0) is 15.4. The molecule has 1 aromatic rings.